The van der Waals surface area contributed by atoms with Gasteiger partial charge in [0.2, 0.25) is 0 Å². The monoisotopic (exact) mass is 332 g/mol. The highest BCUT2D eigenvalue weighted by Crippen LogP contribution is 2.65. The molecule has 134 valence electrons. The minimum Gasteiger partial charge on any atom is -0.393 e. The summed E-state index contributed by atoms with van der Waals surface area (Å²) >= 11 is 0. The summed E-state index contributed by atoms with van der Waals surface area (Å²) in [6.45, 7) is 6.50. The lowest BCUT2D eigenvalue weighted by molar-refractivity contribution is -0.0639. The quantitative estimate of drug-likeness (QED) is 0.691. The molecule has 3 N–H and O–H groups in total. The van der Waals surface area contributed by atoms with Gasteiger partial charge >= 0.3 is 0 Å². The highest BCUT2D eigenvalue weighted by atomic mass is 16.3. The molecule has 0 amide bonds. The second kappa shape index (κ2) is 5.43. The average Bonchev–Trinajstić information content (AvgIpc) is 2.84. The van der Waals surface area contributed by atoms with E-state index in [0.717, 1.165) is 38.5 Å². The first kappa shape index (κ1) is 16.8. The first-order valence-electron chi connectivity index (χ1n) is 9.72. The fourth-order valence-electron chi connectivity index (χ4n) is 6.94. The fraction of sp³-hybridized carbons (Fsp3) is 0.810. The predicted molar refractivity (Wildman–Crippen MR) is 94.2 cm³/mol. The van der Waals surface area contributed by atoms with Gasteiger partial charge in [-0.25, -0.2) is 0 Å². The molecule has 24 heavy (non-hydrogen) atoms. The Morgan fingerprint density at radius 2 is 1.88 bits per heavy atom. The van der Waals surface area contributed by atoms with Crippen molar-refractivity contribution < 1.29 is 15.3 Å². The van der Waals surface area contributed by atoms with Crippen LogP contribution in [0.5, 0.6) is 0 Å². The fourth-order valence-corrected chi connectivity index (χ4v) is 6.94. The number of aliphatic hydroxyl groups excluding tert-OH is 3. The van der Waals surface area contributed by atoms with Crippen LogP contribution in [0.2, 0.25) is 0 Å². The molecule has 4 aliphatic carbocycles. The lowest BCUT2D eigenvalue weighted by Gasteiger charge is -2.56. The Morgan fingerprint density at radius 3 is 2.58 bits per heavy atom. The van der Waals surface area contributed by atoms with Gasteiger partial charge in [-0.1, -0.05) is 37.1 Å². The van der Waals surface area contributed by atoms with Crippen LogP contribution >= 0.6 is 0 Å². The normalized spacial score (nSPS) is 51.8. The van der Waals surface area contributed by atoms with Gasteiger partial charge in [-0.2, -0.15) is 0 Å². The third kappa shape index (κ3) is 2.14. The van der Waals surface area contributed by atoms with Gasteiger partial charge in [0.1, 0.15) is 0 Å². The third-order valence-electron chi connectivity index (χ3n) is 8.14. The molecule has 0 radical (unpaired) electrons. The van der Waals surface area contributed by atoms with Crippen molar-refractivity contribution in [1.82, 2.24) is 0 Å². The van der Waals surface area contributed by atoms with Crippen molar-refractivity contribution >= 4 is 0 Å². The van der Waals surface area contributed by atoms with Gasteiger partial charge < -0.3 is 15.3 Å². The molecule has 3 saturated carbocycles. The van der Waals surface area contributed by atoms with Gasteiger partial charge in [-0.15, -0.1) is 0 Å². The Labute approximate surface area is 145 Å². The smallest absolute Gasteiger partial charge is 0.0619 e. The Morgan fingerprint density at radius 1 is 1.12 bits per heavy atom. The van der Waals surface area contributed by atoms with Crippen molar-refractivity contribution in [3.8, 4) is 0 Å². The van der Waals surface area contributed by atoms with Crippen molar-refractivity contribution in [1.29, 1.82) is 0 Å². The van der Waals surface area contributed by atoms with Crippen LogP contribution in [0.15, 0.2) is 23.3 Å². The van der Waals surface area contributed by atoms with Crippen molar-refractivity contribution in [2.75, 3.05) is 0 Å². The van der Waals surface area contributed by atoms with Crippen LogP contribution in [0, 0.1) is 28.6 Å². The maximum Gasteiger partial charge on any atom is 0.0619 e. The molecule has 0 spiro atoms. The van der Waals surface area contributed by atoms with Crippen LogP contribution in [0.3, 0.4) is 0 Å². The first-order chi connectivity index (χ1) is 11.3. The standard InChI is InChI=1S/C21H32O3/c1-12(22)16-6-7-17-15-5-4-13-10-14(23)8-9-20(13,2)19(15)18(24)11-21(16,17)3/h4-5,12,14,16-19,22-24H,6-11H2,1-3H3/t12-,14+,16-,17+,18-,19+,20-,21-/m1/s1. The van der Waals surface area contributed by atoms with E-state index in [0.29, 0.717) is 5.92 Å². The molecule has 0 aliphatic heterocycles. The number of hydrogen-bond acceptors (Lipinski definition) is 3. The predicted octanol–water partition coefficient (Wildman–Crippen LogP) is 3.20. The van der Waals surface area contributed by atoms with Gasteiger partial charge in [0.25, 0.3) is 0 Å². The summed E-state index contributed by atoms with van der Waals surface area (Å²) in [5.74, 6) is 0.952. The summed E-state index contributed by atoms with van der Waals surface area (Å²) in [5.41, 5.74) is 2.74. The Kier molecular flexibility index (Phi) is 3.80. The SMILES string of the molecule is C[C@@H](O)[C@H]1CC[C@H]2C3=CC=C4C[C@@H](O)CC[C@@]4(C)[C@@H]3[C@H](O)C[C@]12C. The summed E-state index contributed by atoms with van der Waals surface area (Å²) in [6, 6.07) is 0. The van der Waals surface area contributed by atoms with Crippen LogP contribution in [0.25, 0.3) is 0 Å². The summed E-state index contributed by atoms with van der Waals surface area (Å²) < 4.78 is 0. The Hall–Kier alpha value is -0.640. The zero-order valence-corrected chi connectivity index (χ0v) is 15.2. The van der Waals surface area contributed by atoms with E-state index in [1.807, 2.05) is 6.92 Å². The summed E-state index contributed by atoms with van der Waals surface area (Å²) in [5, 5.41) is 31.5. The molecule has 0 saturated heterocycles. The summed E-state index contributed by atoms with van der Waals surface area (Å²) in [7, 11) is 0. The van der Waals surface area contributed by atoms with Crippen molar-refractivity contribution in [3.63, 3.8) is 0 Å². The zero-order chi connectivity index (χ0) is 17.3. The molecule has 0 aromatic rings. The highest BCUT2D eigenvalue weighted by Gasteiger charge is 2.59. The molecule has 0 bridgehead atoms. The van der Waals surface area contributed by atoms with E-state index in [9.17, 15) is 15.3 Å². The zero-order valence-electron chi connectivity index (χ0n) is 15.2. The molecule has 0 heterocycles. The van der Waals surface area contributed by atoms with Gasteiger partial charge in [0.15, 0.2) is 0 Å². The molecular formula is C21H32O3. The lowest BCUT2D eigenvalue weighted by atomic mass is 9.49. The number of allylic oxidation sites excluding steroid dienone is 2. The van der Waals surface area contributed by atoms with Crippen LogP contribution in [0.4, 0.5) is 0 Å². The van der Waals surface area contributed by atoms with Gasteiger partial charge in [0, 0.05) is 5.92 Å². The number of rotatable bonds is 1. The third-order valence-corrected chi connectivity index (χ3v) is 8.14. The molecule has 0 unspecified atom stereocenters. The average molecular weight is 332 g/mol. The van der Waals surface area contributed by atoms with Crippen molar-refractivity contribution in [3.05, 3.63) is 23.3 Å². The lowest BCUT2D eigenvalue weighted by Crippen LogP contribution is -2.53. The molecule has 3 fully saturated rings. The molecule has 0 aromatic carbocycles. The maximum absolute atomic E-state index is 11.2. The number of fused-ring (bicyclic) bond motifs is 5. The van der Waals surface area contributed by atoms with E-state index in [2.05, 4.69) is 26.0 Å². The van der Waals surface area contributed by atoms with Gasteiger partial charge in [-0.05, 0) is 68.1 Å². The maximum atomic E-state index is 11.2. The number of aliphatic hydroxyl groups is 3. The van der Waals surface area contributed by atoms with E-state index in [-0.39, 0.29) is 41.0 Å². The summed E-state index contributed by atoms with van der Waals surface area (Å²) in [4.78, 5) is 0. The second-order valence-electron chi connectivity index (χ2n) is 9.40. The number of hydrogen-bond donors (Lipinski definition) is 3. The molecule has 4 rings (SSSR count). The molecule has 8 atom stereocenters. The van der Waals surface area contributed by atoms with E-state index >= 15 is 0 Å². The van der Waals surface area contributed by atoms with Crippen LogP contribution in [-0.2, 0) is 0 Å². The highest BCUT2D eigenvalue weighted by molar-refractivity contribution is 5.40. The van der Waals surface area contributed by atoms with Crippen molar-refractivity contribution in [2.24, 2.45) is 28.6 Å². The van der Waals surface area contributed by atoms with E-state index in [1.54, 1.807) is 0 Å². The van der Waals surface area contributed by atoms with Gasteiger partial charge in [0.05, 0.1) is 18.3 Å². The molecule has 3 heteroatoms. The first-order valence-corrected chi connectivity index (χ1v) is 9.72. The molecule has 4 aliphatic rings. The van der Waals surface area contributed by atoms with Gasteiger partial charge in [-0.3, -0.25) is 0 Å². The Balaban J connectivity index is 1.76. The van der Waals surface area contributed by atoms with E-state index in [4.69, 9.17) is 0 Å². The minimum absolute atomic E-state index is 0.00575. The summed E-state index contributed by atoms with van der Waals surface area (Å²) in [6.07, 6.45) is 9.15. The molecule has 0 aromatic heterocycles. The van der Waals surface area contributed by atoms with Crippen molar-refractivity contribution in [2.45, 2.75) is 77.6 Å². The second-order valence-corrected chi connectivity index (χ2v) is 9.40. The van der Waals surface area contributed by atoms with Crippen LogP contribution in [0.1, 0.15) is 59.3 Å². The van der Waals surface area contributed by atoms with E-state index in [1.165, 1.54) is 11.1 Å². The topological polar surface area (TPSA) is 60.7 Å². The van der Waals surface area contributed by atoms with Crippen LogP contribution < -0.4 is 0 Å². The van der Waals surface area contributed by atoms with Crippen LogP contribution in [-0.4, -0.2) is 33.6 Å². The van der Waals surface area contributed by atoms with E-state index < -0.39 is 0 Å². The minimum atomic E-state index is -0.346. The Bertz CT molecular complexity index is 592. The molecule has 3 nitrogen and oxygen atoms in total. The largest absolute Gasteiger partial charge is 0.393 e. The molecular weight excluding hydrogens is 300 g/mol.